The molecular formula is C15H20N4O. The van der Waals surface area contributed by atoms with Crippen molar-refractivity contribution in [3.05, 3.63) is 41.7 Å². The van der Waals surface area contributed by atoms with Gasteiger partial charge >= 0.3 is 0 Å². The van der Waals surface area contributed by atoms with E-state index in [1.165, 1.54) is 0 Å². The van der Waals surface area contributed by atoms with Crippen LogP contribution in [0.2, 0.25) is 0 Å². The molecule has 3 heterocycles. The minimum atomic E-state index is 0.116. The molecule has 3 rings (SSSR count). The van der Waals surface area contributed by atoms with E-state index in [1.807, 2.05) is 48.0 Å². The SMILES string of the molecule is Cc1cnc([C@@H]2CCCN(C(=O)c3cccn3C)C2)[nH]1. The standard InChI is InChI=1S/C15H20N4O/c1-11-9-16-14(17-11)12-5-3-8-19(10-12)15(20)13-6-4-7-18(13)2/h4,6-7,9,12H,3,5,8,10H2,1-2H3,(H,16,17)/t12-/m1/s1. The molecule has 1 N–H and O–H groups in total. The smallest absolute Gasteiger partial charge is 0.270 e. The second-order valence-electron chi connectivity index (χ2n) is 5.55. The fraction of sp³-hybridized carbons (Fsp3) is 0.467. The first kappa shape index (κ1) is 13.0. The van der Waals surface area contributed by atoms with Gasteiger partial charge in [0.05, 0.1) is 0 Å². The molecule has 0 bridgehead atoms. The lowest BCUT2D eigenvalue weighted by atomic mass is 9.97. The van der Waals surface area contributed by atoms with E-state index in [4.69, 9.17) is 0 Å². The molecule has 0 saturated carbocycles. The molecule has 1 atom stereocenters. The number of aromatic nitrogens is 3. The van der Waals surface area contributed by atoms with Crippen LogP contribution in [0.15, 0.2) is 24.5 Å². The molecule has 0 spiro atoms. The van der Waals surface area contributed by atoms with Crippen LogP contribution in [-0.4, -0.2) is 38.4 Å². The third kappa shape index (κ3) is 2.35. The number of carbonyl (C=O) groups is 1. The topological polar surface area (TPSA) is 53.9 Å². The lowest BCUT2D eigenvalue weighted by molar-refractivity contribution is 0.0695. The highest BCUT2D eigenvalue weighted by Gasteiger charge is 2.27. The molecule has 106 valence electrons. The molecule has 20 heavy (non-hydrogen) atoms. The van der Waals surface area contributed by atoms with Crippen molar-refractivity contribution in [3.63, 3.8) is 0 Å². The average Bonchev–Trinajstić information content (AvgIpc) is 3.07. The number of H-pyrrole nitrogens is 1. The van der Waals surface area contributed by atoms with Crippen molar-refractivity contribution < 1.29 is 4.79 Å². The number of likely N-dealkylation sites (tertiary alicyclic amines) is 1. The highest BCUT2D eigenvalue weighted by atomic mass is 16.2. The molecule has 1 fully saturated rings. The Kier molecular flexibility index (Phi) is 3.34. The van der Waals surface area contributed by atoms with E-state index in [0.29, 0.717) is 5.92 Å². The van der Waals surface area contributed by atoms with Crippen molar-refractivity contribution in [1.82, 2.24) is 19.4 Å². The van der Waals surface area contributed by atoms with Gasteiger partial charge in [-0.1, -0.05) is 0 Å². The molecule has 0 aliphatic carbocycles. The van der Waals surface area contributed by atoms with E-state index in [0.717, 1.165) is 43.1 Å². The quantitative estimate of drug-likeness (QED) is 0.910. The van der Waals surface area contributed by atoms with Crippen molar-refractivity contribution >= 4 is 5.91 Å². The Balaban J connectivity index is 1.75. The highest BCUT2D eigenvalue weighted by molar-refractivity contribution is 5.92. The molecule has 2 aromatic rings. The van der Waals surface area contributed by atoms with Crippen LogP contribution in [0.1, 0.15) is 40.8 Å². The molecule has 5 nitrogen and oxygen atoms in total. The summed E-state index contributed by atoms with van der Waals surface area (Å²) in [5.74, 6) is 1.44. The number of aryl methyl sites for hydroxylation is 2. The van der Waals surface area contributed by atoms with Gasteiger partial charge in [-0.3, -0.25) is 4.79 Å². The van der Waals surface area contributed by atoms with Gasteiger partial charge in [-0.05, 0) is 31.9 Å². The van der Waals surface area contributed by atoms with E-state index in [1.54, 1.807) is 0 Å². The Morgan fingerprint density at radius 1 is 1.50 bits per heavy atom. The predicted octanol–water partition coefficient (Wildman–Crippen LogP) is 2.08. The van der Waals surface area contributed by atoms with Gasteiger partial charge in [-0.25, -0.2) is 4.98 Å². The van der Waals surface area contributed by atoms with E-state index in [-0.39, 0.29) is 5.91 Å². The molecule has 2 aromatic heterocycles. The average molecular weight is 272 g/mol. The summed E-state index contributed by atoms with van der Waals surface area (Å²) in [5.41, 5.74) is 1.83. The Morgan fingerprint density at radius 3 is 3.00 bits per heavy atom. The summed E-state index contributed by atoms with van der Waals surface area (Å²) in [6, 6.07) is 3.79. The van der Waals surface area contributed by atoms with Gasteiger partial charge in [-0.15, -0.1) is 0 Å². The summed E-state index contributed by atoms with van der Waals surface area (Å²) in [7, 11) is 1.91. The zero-order chi connectivity index (χ0) is 14.1. The van der Waals surface area contributed by atoms with E-state index >= 15 is 0 Å². The van der Waals surface area contributed by atoms with Crippen LogP contribution >= 0.6 is 0 Å². The summed E-state index contributed by atoms with van der Waals surface area (Å²) < 4.78 is 1.88. The van der Waals surface area contributed by atoms with Gasteiger partial charge in [0.2, 0.25) is 0 Å². The highest BCUT2D eigenvalue weighted by Crippen LogP contribution is 2.25. The van der Waals surface area contributed by atoms with Gasteiger partial charge in [0.1, 0.15) is 11.5 Å². The number of nitrogens with one attached hydrogen (secondary N) is 1. The van der Waals surface area contributed by atoms with Crippen LogP contribution in [-0.2, 0) is 7.05 Å². The molecule has 1 amide bonds. The second kappa shape index (κ2) is 5.15. The summed E-state index contributed by atoms with van der Waals surface area (Å²) in [6.07, 6.45) is 5.88. The number of imidazole rings is 1. The summed E-state index contributed by atoms with van der Waals surface area (Å²) in [4.78, 5) is 22.2. The molecule has 1 saturated heterocycles. The molecule has 1 aliphatic rings. The number of piperidine rings is 1. The van der Waals surface area contributed by atoms with Crippen molar-refractivity contribution in [1.29, 1.82) is 0 Å². The van der Waals surface area contributed by atoms with Crippen molar-refractivity contribution in [3.8, 4) is 0 Å². The van der Waals surface area contributed by atoms with E-state index in [9.17, 15) is 4.79 Å². The Hall–Kier alpha value is -2.04. The number of aromatic amines is 1. The van der Waals surface area contributed by atoms with Crippen LogP contribution in [0, 0.1) is 6.92 Å². The number of hydrogen-bond acceptors (Lipinski definition) is 2. The van der Waals surface area contributed by atoms with Gasteiger partial charge in [-0.2, -0.15) is 0 Å². The molecular weight excluding hydrogens is 252 g/mol. The maximum absolute atomic E-state index is 12.5. The zero-order valence-corrected chi connectivity index (χ0v) is 12.0. The van der Waals surface area contributed by atoms with Gasteiger partial charge in [0.15, 0.2) is 0 Å². The predicted molar refractivity (Wildman–Crippen MR) is 76.6 cm³/mol. The number of nitrogens with zero attached hydrogens (tertiary/aromatic N) is 3. The van der Waals surface area contributed by atoms with Crippen LogP contribution in [0.5, 0.6) is 0 Å². The Bertz CT molecular complexity index is 613. The van der Waals surface area contributed by atoms with Gasteiger partial charge in [0, 0.05) is 44.1 Å². The third-order valence-electron chi connectivity index (χ3n) is 3.98. The summed E-state index contributed by atoms with van der Waals surface area (Å²) >= 11 is 0. The fourth-order valence-corrected chi connectivity index (χ4v) is 2.87. The largest absolute Gasteiger partial charge is 0.347 e. The van der Waals surface area contributed by atoms with E-state index < -0.39 is 0 Å². The van der Waals surface area contributed by atoms with Gasteiger partial charge in [0.25, 0.3) is 5.91 Å². The van der Waals surface area contributed by atoms with Crippen molar-refractivity contribution in [2.45, 2.75) is 25.7 Å². The molecule has 0 unspecified atom stereocenters. The van der Waals surface area contributed by atoms with E-state index in [2.05, 4.69) is 9.97 Å². The summed E-state index contributed by atoms with van der Waals surface area (Å²) in [6.45, 7) is 3.59. The first-order chi connectivity index (χ1) is 9.65. The number of amides is 1. The van der Waals surface area contributed by atoms with Crippen molar-refractivity contribution in [2.24, 2.45) is 7.05 Å². The minimum absolute atomic E-state index is 0.116. The minimum Gasteiger partial charge on any atom is -0.347 e. The maximum atomic E-state index is 12.5. The zero-order valence-electron chi connectivity index (χ0n) is 12.0. The number of carbonyl (C=O) groups excluding carboxylic acids is 1. The van der Waals surface area contributed by atoms with Crippen LogP contribution < -0.4 is 0 Å². The fourth-order valence-electron chi connectivity index (χ4n) is 2.87. The molecule has 5 heteroatoms. The Morgan fingerprint density at radius 2 is 2.35 bits per heavy atom. The van der Waals surface area contributed by atoms with Gasteiger partial charge < -0.3 is 14.5 Å². The van der Waals surface area contributed by atoms with Crippen molar-refractivity contribution in [2.75, 3.05) is 13.1 Å². The van der Waals surface area contributed by atoms with Crippen LogP contribution in [0.3, 0.4) is 0 Å². The Labute approximate surface area is 118 Å². The molecule has 0 radical (unpaired) electrons. The lowest BCUT2D eigenvalue weighted by Gasteiger charge is -2.32. The van der Waals surface area contributed by atoms with Crippen LogP contribution in [0.4, 0.5) is 0 Å². The maximum Gasteiger partial charge on any atom is 0.270 e. The van der Waals surface area contributed by atoms with Crippen LogP contribution in [0.25, 0.3) is 0 Å². The monoisotopic (exact) mass is 272 g/mol. The first-order valence-corrected chi connectivity index (χ1v) is 7.07. The number of hydrogen-bond donors (Lipinski definition) is 1. The first-order valence-electron chi connectivity index (χ1n) is 7.07. The molecule has 1 aliphatic heterocycles. The summed E-state index contributed by atoms with van der Waals surface area (Å²) in [5, 5.41) is 0. The normalized spacial score (nSPS) is 19.3. The molecule has 0 aromatic carbocycles. The second-order valence-corrected chi connectivity index (χ2v) is 5.55. The lowest BCUT2D eigenvalue weighted by Crippen LogP contribution is -2.40. The third-order valence-corrected chi connectivity index (χ3v) is 3.98. The number of rotatable bonds is 2.